The van der Waals surface area contributed by atoms with E-state index in [1.54, 1.807) is 0 Å². The number of aryl methyl sites for hydroxylation is 1. The van der Waals surface area contributed by atoms with Gasteiger partial charge in [0.15, 0.2) is 0 Å². The zero-order valence-corrected chi connectivity index (χ0v) is 13.9. The van der Waals surface area contributed by atoms with Crippen LogP contribution in [0.3, 0.4) is 0 Å². The molecule has 0 heterocycles. The van der Waals surface area contributed by atoms with Gasteiger partial charge in [0, 0.05) is 0 Å². The molecular weight excluding hydrogens is 193 g/mol. The van der Waals surface area contributed by atoms with Crippen LogP contribution in [0.2, 0.25) is 0 Å². The van der Waals surface area contributed by atoms with E-state index in [0.29, 0.717) is 0 Å². The van der Waals surface area contributed by atoms with Crippen LogP contribution in [0.4, 0.5) is 0 Å². The molecule has 0 bridgehead atoms. The zero-order chi connectivity index (χ0) is 5.98. The Kier molecular flexibility index (Phi) is 13.1. The van der Waals surface area contributed by atoms with Crippen molar-refractivity contribution in [2.24, 2.45) is 0 Å². The second kappa shape index (κ2) is 8.52. The van der Waals surface area contributed by atoms with Gasteiger partial charge in [0.1, 0.15) is 0 Å². The molecule has 0 aliphatic heterocycles. The van der Waals surface area contributed by atoms with Gasteiger partial charge in [-0.15, -0.1) is 12.1 Å². The summed E-state index contributed by atoms with van der Waals surface area (Å²) in [5.41, 5.74) is 1.26. The summed E-state index contributed by atoms with van der Waals surface area (Å²) in [6.45, 7) is 2.06. The molecule has 0 nitrogen and oxygen atoms in total. The Hall–Kier alpha value is 2.92. The molecule has 0 aromatic heterocycles. The van der Waals surface area contributed by atoms with Gasteiger partial charge in [-0.3, -0.25) is 0 Å². The van der Waals surface area contributed by atoms with E-state index in [9.17, 15) is 0 Å². The van der Waals surface area contributed by atoms with Crippen LogP contribution in [0.1, 0.15) is 5.56 Å². The van der Waals surface area contributed by atoms with Gasteiger partial charge in [0.05, 0.1) is 0 Å². The van der Waals surface area contributed by atoms with Crippen LogP contribution in [0, 0.1) is 6.92 Å². The van der Waals surface area contributed by atoms with Crippen molar-refractivity contribution in [3.05, 3.63) is 29.8 Å². The molecule has 0 radical (unpaired) electrons. The van der Waals surface area contributed by atoms with Crippen LogP contribution in [0.15, 0.2) is 24.3 Å². The summed E-state index contributed by atoms with van der Waals surface area (Å²) >= 11 is 0. The van der Waals surface area contributed by atoms with Gasteiger partial charge in [-0.1, -0.05) is 17.7 Å². The Balaban J connectivity index is 0. The maximum atomic E-state index is 4.15. The molecule has 0 atom stereocenters. The molecule has 0 unspecified atom stereocenters. The minimum absolute atomic E-state index is 0. The fourth-order valence-electron chi connectivity index (χ4n) is 0.628. The molecule has 0 aliphatic rings. The summed E-state index contributed by atoms with van der Waals surface area (Å²) < 4.78 is 0. The van der Waals surface area contributed by atoms with Crippen LogP contribution < -0.4 is 108 Å². The Labute approximate surface area is 150 Å². The normalized spacial score (nSPS) is 7.40. The van der Waals surface area contributed by atoms with Crippen LogP contribution in [0.25, 0.3) is 0 Å². The molecule has 10 heavy (non-hydrogen) atoms. The minimum Gasteiger partial charge on any atom is -1.45 e. The van der Waals surface area contributed by atoms with E-state index in [0.717, 1.165) is 5.30 Å². The third-order valence-electron chi connectivity index (χ3n) is 1.00. The van der Waals surface area contributed by atoms with E-state index in [1.807, 2.05) is 18.2 Å². The number of hydrogen-bond donors (Lipinski definition) is 0. The molecule has 1 aromatic carbocycles. The summed E-state index contributed by atoms with van der Waals surface area (Å²) in [4.78, 5) is 0. The second-order valence-corrected chi connectivity index (χ2v) is 2.36. The first-order valence-corrected chi connectivity index (χ1v) is 2.99. The largest absolute Gasteiger partial charge is 1.45 e. The molecule has 0 spiro atoms. The van der Waals surface area contributed by atoms with Gasteiger partial charge in [0.25, 0.3) is 0 Å². The average Bonchev–Trinajstić information content (AvgIpc) is 1.64. The monoisotopic (exact) mass is 200 g/mol. The maximum absolute atomic E-state index is 4.15. The molecule has 1 aromatic rings. The van der Waals surface area contributed by atoms with Crippen molar-refractivity contribution in [2.75, 3.05) is 0 Å². The topological polar surface area (TPSA) is 0 Å². The molecule has 1 rings (SSSR count). The van der Waals surface area contributed by atoms with Crippen molar-refractivity contribution in [2.45, 2.75) is 6.92 Å². The molecule has 0 saturated heterocycles. The molecule has 42 valence electrons. The molecule has 3 heteroatoms. The van der Waals surface area contributed by atoms with Crippen LogP contribution in [0.5, 0.6) is 0 Å². The van der Waals surface area contributed by atoms with E-state index >= 15 is 0 Å². The minimum atomic E-state index is 0. The van der Waals surface area contributed by atoms with Gasteiger partial charge < -0.3 is 14.5 Å². The van der Waals surface area contributed by atoms with Crippen molar-refractivity contribution in [1.82, 2.24) is 0 Å². The van der Waals surface area contributed by atoms with E-state index < -0.39 is 0 Å². The van der Waals surface area contributed by atoms with Gasteiger partial charge in [-0.2, -0.15) is 0 Å². The molecule has 0 amide bonds. The first kappa shape index (κ1) is 15.4. The van der Waals surface area contributed by atoms with Crippen molar-refractivity contribution in [1.29, 1.82) is 0 Å². The summed E-state index contributed by atoms with van der Waals surface area (Å²) in [5, 5.41) is 1.03. The standard InChI is InChI=1S/C7H7P.2K/c1-6-3-2-4-7(8)5-6;;/h2-5H,1H3;;/q-2;2*+1. The summed E-state index contributed by atoms with van der Waals surface area (Å²) in [6.07, 6.45) is 0. The fraction of sp³-hybridized carbons (Fsp3) is 0.143. The molecular formula is C7H7K2P. The number of hydrogen-bond acceptors (Lipinski definition) is 0. The average molecular weight is 200 g/mol. The molecule has 0 aliphatic carbocycles. The zero-order valence-electron chi connectivity index (χ0n) is 6.76. The maximum Gasteiger partial charge on any atom is 1.00 e. The van der Waals surface area contributed by atoms with E-state index in [1.165, 1.54) is 5.56 Å². The Bertz CT molecular complexity index is 171. The predicted molar refractivity (Wildman–Crippen MR) is 37.7 cm³/mol. The number of rotatable bonds is 0. The molecule has 0 saturated carbocycles. The smallest absolute Gasteiger partial charge is 1.00 e. The Morgan fingerprint density at radius 2 is 1.80 bits per heavy atom. The van der Waals surface area contributed by atoms with E-state index in [4.69, 9.17) is 0 Å². The van der Waals surface area contributed by atoms with Crippen LogP contribution in [-0.4, -0.2) is 0 Å². The van der Waals surface area contributed by atoms with Crippen molar-refractivity contribution in [3.8, 4) is 0 Å². The molecule has 0 fully saturated rings. The fourth-order valence-corrected chi connectivity index (χ4v) is 0.918. The van der Waals surface area contributed by atoms with E-state index in [-0.39, 0.29) is 103 Å². The van der Waals surface area contributed by atoms with Crippen LogP contribution >= 0.6 is 9.24 Å². The number of benzene rings is 1. The predicted octanol–water partition coefficient (Wildman–Crippen LogP) is -3.96. The first-order chi connectivity index (χ1) is 3.79. The summed E-state index contributed by atoms with van der Waals surface area (Å²) in [7, 11) is 4.15. The molecule has 0 N–H and O–H groups in total. The van der Waals surface area contributed by atoms with Crippen molar-refractivity contribution in [3.63, 3.8) is 0 Å². The summed E-state index contributed by atoms with van der Waals surface area (Å²) in [6, 6.07) is 8.05. The van der Waals surface area contributed by atoms with Crippen molar-refractivity contribution >= 4 is 14.5 Å². The van der Waals surface area contributed by atoms with E-state index in [2.05, 4.69) is 22.2 Å². The van der Waals surface area contributed by atoms with Gasteiger partial charge in [-0.05, 0) is 6.92 Å². The third kappa shape index (κ3) is 6.44. The Morgan fingerprint density at radius 3 is 2.10 bits per heavy atom. The quantitative estimate of drug-likeness (QED) is 0.296. The van der Waals surface area contributed by atoms with Crippen LogP contribution in [-0.2, 0) is 0 Å². The van der Waals surface area contributed by atoms with Crippen molar-refractivity contribution < 1.29 is 103 Å². The SMILES string of the molecule is Cc1cccc([P-2])c1.[K+].[K+]. The third-order valence-corrected chi connectivity index (χ3v) is 1.28. The Morgan fingerprint density at radius 1 is 1.20 bits per heavy atom. The summed E-state index contributed by atoms with van der Waals surface area (Å²) in [5.74, 6) is 0. The van der Waals surface area contributed by atoms with Gasteiger partial charge in [0.2, 0.25) is 0 Å². The first-order valence-electron chi connectivity index (χ1n) is 2.54. The van der Waals surface area contributed by atoms with Gasteiger partial charge in [-0.25, -0.2) is 0 Å². The van der Waals surface area contributed by atoms with Gasteiger partial charge >= 0.3 is 103 Å². The second-order valence-electron chi connectivity index (χ2n) is 1.84.